The van der Waals surface area contributed by atoms with Gasteiger partial charge in [0.05, 0.1) is 7.11 Å². The first-order chi connectivity index (χ1) is 13.0. The lowest BCUT2D eigenvalue weighted by atomic mass is 10.2. The fourth-order valence-corrected chi connectivity index (χ4v) is 2.26. The second kappa shape index (κ2) is 10.0. The number of pyridine rings is 1. The Balaban J connectivity index is 1.92. The molecule has 0 radical (unpaired) electrons. The van der Waals surface area contributed by atoms with Gasteiger partial charge < -0.3 is 19.7 Å². The topological polar surface area (TPSA) is 63.7 Å². The summed E-state index contributed by atoms with van der Waals surface area (Å²) in [5, 5.41) is 2.84. The van der Waals surface area contributed by atoms with E-state index in [9.17, 15) is 4.79 Å². The fraction of sp³-hybridized carbons (Fsp3) is 0.238. The fourth-order valence-electron chi connectivity index (χ4n) is 2.26. The molecule has 1 amide bonds. The van der Waals surface area contributed by atoms with Gasteiger partial charge in [0, 0.05) is 32.9 Å². The standard InChI is InChI=1S/C21H25N3O3/c1-5-12-27-18-9-6-16(13-19(18)26-4)8-11-21(25)23-15-17-7-10-20(22-14-17)24(2)3/h5-11,13-14H,1,12,15H2,2-4H3,(H,23,25)/b11-8+. The van der Waals surface area contributed by atoms with Crippen molar-refractivity contribution in [1.29, 1.82) is 0 Å². The maximum absolute atomic E-state index is 12.0. The molecule has 142 valence electrons. The highest BCUT2D eigenvalue weighted by Crippen LogP contribution is 2.28. The van der Waals surface area contributed by atoms with Crippen LogP contribution in [0, 0.1) is 0 Å². The van der Waals surface area contributed by atoms with E-state index in [4.69, 9.17) is 9.47 Å². The van der Waals surface area contributed by atoms with Crippen LogP contribution in [0.5, 0.6) is 11.5 Å². The summed E-state index contributed by atoms with van der Waals surface area (Å²) >= 11 is 0. The summed E-state index contributed by atoms with van der Waals surface area (Å²) in [6, 6.07) is 9.33. The molecule has 0 aliphatic heterocycles. The maximum atomic E-state index is 12.0. The van der Waals surface area contributed by atoms with Crippen molar-refractivity contribution in [3.8, 4) is 11.5 Å². The zero-order valence-electron chi connectivity index (χ0n) is 15.9. The van der Waals surface area contributed by atoms with E-state index in [1.807, 2.05) is 43.3 Å². The third-order valence-electron chi connectivity index (χ3n) is 3.71. The van der Waals surface area contributed by atoms with Crippen molar-refractivity contribution >= 4 is 17.8 Å². The average Bonchev–Trinajstić information content (AvgIpc) is 2.69. The van der Waals surface area contributed by atoms with Crippen LogP contribution in [0.1, 0.15) is 11.1 Å². The lowest BCUT2D eigenvalue weighted by Gasteiger charge is -2.11. The van der Waals surface area contributed by atoms with Crippen LogP contribution in [0.15, 0.2) is 55.3 Å². The van der Waals surface area contributed by atoms with E-state index in [1.54, 1.807) is 31.5 Å². The number of nitrogens with one attached hydrogen (secondary N) is 1. The summed E-state index contributed by atoms with van der Waals surface area (Å²) in [5.41, 5.74) is 1.78. The molecule has 1 aromatic heterocycles. The second-order valence-electron chi connectivity index (χ2n) is 5.98. The monoisotopic (exact) mass is 367 g/mol. The van der Waals surface area contributed by atoms with Crippen molar-refractivity contribution in [1.82, 2.24) is 10.3 Å². The van der Waals surface area contributed by atoms with Gasteiger partial charge in [0.25, 0.3) is 0 Å². The molecular formula is C21H25N3O3. The van der Waals surface area contributed by atoms with E-state index in [-0.39, 0.29) is 5.91 Å². The molecule has 27 heavy (non-hydrogen) atoms. The first kappa shape index (κ1) is 20.0. The molecule has 0 saturated carbocycles. The number of methoxy groups -OCH3 is 1. The van der Waals surface area contributed by atoms with E-state index < -0.39 is 0 Å². The van der Waals surface area contributed by atoms with Crippen molar-refractivity contribution in [2.45, 2.75) is 6.54 Å². The van der Waals surface area contributed by atoms with Gasteiger partial charge in [-0.15, -0.1) is 0 Å². The Labute approximate surface area is 160 Å². The van der Waals surface area contributed by atoms with Gasteiger partial charge in [0.1, 0.15) is 12.4 Å². The van der Waals surface area contributed by atoms with Crippen LogP contribution < -0.4 is 19.7 Å². The number of ether oxygens (including phenoxy) is 2. The molecule has 0 bridgehead atoms. The third-order valence-corrected chi connectivity index (χ3v) is 3.71. The van der Waals surface area contributed by atoms with Gasteiger partial charge in [-0.1, -0.05) is 24.8 Å². The van der Waals surface area contributed by atoms with E-state index in [0.29, 0.717) is 24.7 Å². The zero-order chi connectivity index (χ0) is 19.6. The maximum Gasteiger partial charge on any atom is 0.244 e. The quantitative estimate of drug-likeness (QED) is 0.545. The third kappa shape index (κ3) is 6.18. The Morgan fingerprint density at radius 1 is 1.26 bits per heavy atom. The number of hydrogen-bond donors (Lipinski definition) is 1. The molecule has 0 saturated heterocycles. The molecule has 0 fully saturated rings. The van der Waals surface area contributed by atoms with E-state index in [2.05, 4.69) is 16.9 Å². The molecule has 2 rings (SSSR count). The number of nitrogens with zero attached hydrogens (tertiary/aromatic N) is 2. The summed E-state index contributed by atoms with van der Waals surface area (Å²) in [7, 11) is 5.44. The molecule has 6 nitrogen and oxygen atoms in total. The highest BCUT2D eigenvalue weighted by Gasteiger charge is 2.05. The van der Waals surface area contributed by atoms with Gasteiger partial charge >= 0.3 is 0 Å². The summed E-state index contributed by atoms with van der Waals surface area (Å²) in [6.45, 7) is 4.44. The lowest BCUT2D eigenvalue weighted by molar-refractivity contribution is -0.116. The Kier molecular flexibility index (Phi) is 7.43. The highest BCUT2D eigenvalue weighted by molar-refractivity contribution is 5.91. The van der Waals surface area contributed by atoms with Crippen molar-refractivity contribution in [3.05, 3.63) is 66.4 Å². The molecule has 0 aliphatic carbocycles. The smallest absolute Gasteiger partial charge is 0.244 e. The van der Waals surface area contributed by atoms with Crippen LogP contribution in [-0.2, 0) is 11.3 Å². The second-order valence-corrected chi connectivity index (χ2v) is 5.98. The summed E-state index contributed by atoms with van der Waals surface area (Å²) in [6.07, 6.45) is 6.64. The number of hydrogen-bond acceptors (Lipinski definition) is 5. The first-order valence-electron chi connectivity index (χ1n) is 8.53. The first-order valence-corrected chi connectivity index (χ1v) is 8.53. The van der Waals surface area contributed by atoms with Gasteiger partial charge in [-0.25, -0.2) is 4.98 Å². The Bertz CT molecular complexity index is 799. The summed E-state index contributed by atoms with van der Waals surface area (Å²) in [5.74, 6) is 1.93. The summed E-state index contributed by atoms with van der Waals surface area (Å²) < 4.78 is 10.8. The molecule has 2 aromatic rings. The van der Waals surface area contributed by atoms with Crippen molar-refractivity contribution in [2.75, 3.05) is 32.7 Å². The molecule has 1 heterocycles. The number of benzene rings is 1. The SMILES string of the molecule is C=CCOc1ccc(/C=C/C(=O)NCc2ccc(N(C)C)nc2)cc1OC. The predicted octanol–water partition coefficient (Wildman–Crippen LogP) is 3.05. The van der Waals surface area contributed by atoms with E-state index >= 15 is 0 Å². The zero-order valence-corrected chi connectivity index (χ0v) is 15.9. The number of amides is 1. The van der Waals surface area contributed by atoms with Gasteiger partial charge in [0.15, 0.2) is 11.5 Å². The molecule has 0 spiro atoms. The number of carbonyl (C=O) groups is 1. The van der Waals surface area contributed by atoms with Gasteiger partial charge in [-0.3, -0.25) is 4.79 Å². The van der Waals surface area contributed by atoms with Crippen LogP contribution >= 0.6 is 0 Å². The molecule has 0 aliphatic rings. The minimum atomic E-state index is -0.183. The predicted molar refractivity (Wildman–Crippen MR) is 108 cm³/mol. The molecule has 1 N–H and O–H groups in total. The Morgan fingerprint density at radius 3 is 2.70 bits per heavy atom. The minimum absolute atomic E-state index is 0.183. The van der Waals surface area contributed by atoms with Gasteiger partial charge in [0.2, 0.25) is 5.91 Å². The molecule has 0 atom stereocenters. The largest absolute Gasteiger partial charge is 0.493 e. The number of rotatable bonds is 9. The molecule has 0 unspecified atom stereocenters. The average molecular weight is 367 g/mol. The van der Waals surface area contributed by atoms with Gasteiger partial charge in [-0.05, 0) is 35.4 Å². The van der Waals surface area contributed by atoms with E-state index in [1.165, 1.54) is 6.08 Å². The van der Waals surface area contributed by atoms with Crippen LogP contribution in [0.25, 0.3) is 6.08 Å². The van der Waals surface area contributed by atoms with Crippen molar-refractivity contribution in [3.63, 3.8) is 0 Å². The molecule has 6 heteroatoms. The van der Waals surface area contributed by atoms with Crippen molar-refractivity contribution in [2.24, 2.45) is 0 Å². The summed E-state index contributed by atoms with van der Waals surface area (Å²) in [4.78, 5) is 18.3. The van der Waals surface area contributed by atoms with Crippen LogP contribution in [-0.4, -0.2) is 38.7 Å². The van der Waals surface area contributed by atoms with Crippen LogP contribution in [0.3, 0.4) is 0 Å². The van der Waals surface area contributed by atoms with Gasteiger partial charge in [-0.2, -0.15) is 0 Å². The van der Waals surface area contributed by atoms with Crippen molar-refractivity contribution < 1.29 is 14.3 Å². The Morgan fingerprint density at radius 2 is 2.07 bits per heavy atom. The number of aromatic nitrogens is 1. The number of carbonyl (C=O) groups excluding carboxylic acids is 1. The molecular weight excluding hydrogens is 342 g/mol. The van der Waals surface area contributed by atoms with Crippen LogP contribution in [0.4, 0.5) is 5.82 Å². The lowest BCUT2D eigenvalue weighted by Crippen LogP contribution is -2.20. The Hall–Kier alpha value is -3.28. The van der Waals surface area contributed by atoms with E-state index in [0.717, 1.165) is 16.9 Å². The minimum Gasteiger partial charge on any atom is -0.493 e. The molecule has 1 aromatic carbocycles. The normalized spacial score (nSPS) is 10.5. The number of anilines is 1. The highest BCUT2D eigenvalue weighted by atomic mass is 16.5. The van der Waals surface area contributed by atoms with Crippen LogP contribution in [0.2, 0.25) is 0 Å².